The van der Waals surface area contributed by atoms with Crippen molar-refractivity contribution in [1.29, 1.82) is 0 Å². The summed E-state index contributed by atoms with van der Waals surface area (Å²) in [4.78, 5) is 2.33. The summed E-state index contributed by atoms with van der Waals surface area (Å²) in [7, 11) is 0. The maximum absolute atomic E-state index is 4.16. The fourth-order valence-electron chi connectivity index (χ4n) is 7.75. The van der Waals surface area contributed by atoms with Crippen molar-refractivity contribution >= 4 is 54.5 Å². The molecular weight excluding hydrogens is 579 g/mol. The van der Waals surface area contributed by atoms with Crippen LogP contribution in [0.3, 0.4) is 0 Å². The lowest BCUT2D eigenvalue weighted by atomic mass is 9.82. The first-order valence-electron chi connectivity index (χ1n) is 16.6. The van der Waals surface area contributed by atoms with Gasteiger partial charge in [0.25, 0.3) is 0 Å². The van der Waals surface area contributed by atoms with Crippen LogP contribution in [0.15, 0.2) is 164 Å². The molecule has 8 aromatic carbocycles. The van der Waals surface area contributed by atoms with E-state index in [9.17, 15) is 0 Å². The second kappa shape index (κ2) is 11.7. The number of allylic oxidation sites excluding steroid dienone is 3. The van der Waals surface area contributed by atoms with Crippen molar-refractivity contribution in [1.82, 2.24) is 0 Å². The molecule has 0 unspecified atom stereocenters. The first-order valence-corrected chi connectivity index (χ1v) is 16.6. The van der Waals surface area contributed by atoms with Gasteiger partial charge in [-0.05, 0) is 105 Å². The quantitative estimate of drug-likeness (QED) is 0.108. The van der Waals surface area contributed by atoms with Gasteiger partial charge in [-0.1, -0.05) is 140 Å². The Labute approximate surface area is 282 Å². The minimum Gasteiger partial charge on any atom is -0.309 e. The molecule has 1 aliphatic heterocycles. The molecule has 48 heavy (non-hydrogen) atoms. The molecule has 0 N–H and O–H groups in total. The minimum atomic E-state index is 1.01. The van der Waals surface area contributed by atoms with E-state index in [4.69, 9.17) is 0 Å². The number of hydrogen-bond acceptors (Lipinski definition) is 1. The summed E-state index contributed by atoms with van der Waals surface area (Å²) in [6.45, 7) is 14.7. The van der Waals surface area contributed by atoms with Crippen molar-refractivity contribution in [2.75, 3.05) is 4.90 Å². The van der Waals surface area contributed by atoms with Gasteiger partial charge in [0.2, 0.25) is 0 Å². The van der Waals surface area contributed by atoms with Crippen LogP contribution in [0, 0.1) is 20.8 Å². The molecule has 0 atom stereocenters. The molecule has 0 saturated heterocycles. The zero-order chi connectivity index (χ0) is 32.9. The number of rotatable bonds is 4. The molecule has 0 saturated carbocycles. The average Bonchev–Trinajstić information content (AvgIpc) is 3.12. The molecule has 0 spiro atoms. The molecule has 0 aliphatic carbocycles. The normalized spacial score (nSPS) is 12.3. The van der Waals surface area contributed by atoms with E-state index in [-0.39, 0.29) is 0 Å². The summed E-state index contributed by atoms with van der Waals surface area (Å²) in [5.74, 6) is 0. The van der Waals surface area contributed by atoms with E-state index in [1.165, 1.54) is 87.7 Å². The van der Waals surface area contributed by atoms with Crippen LogP contribution in [-0.2, 0) is 0 Å². The Bertz CT molecular complexity index is 2550. The van der Waals surface area contributed by atoms with Gasteiger partial charge in [0.15, 0.2) is 0 Å². The summed E-state index contributed by atoms with van der Waals surface area (Å²) >= 11 is 0. The number of para-hydroxylation sites is 1. The van der Waals surface area contributed by atoms with E-state index in [1.54, 1.807) is 0 Å². The Morgan fingerprint density at radius 2 is 1.02 bits per heavy atom. The van der Waals surface area contributed by atoms with Gasteiger partial charge in [-0.25, -0.2) is 0 Å². The van der Waals surface area contributed by atoms with Crippen LogP contribution in [0.1, 0.15) is 16.7 Å². The van der Waals surface area contributed by atoms with E-state index >= 15 is 0 Å². The molecule has 0 bridgehead atoms. The van der Waals surface area contributed by atoms with E-state index in [0.29, 0.717) is 0 Å². The van der Waals surface area contributed by atoms with E-state index in [0.717, 1.165) is 11.4 Å². The lowest BCUT2D eigenvalue weighted by molar-refractivity contribution is 1.21. The van der Waals surface area contributed by atoms with Gasteiger partial charge in [0.1, 0.15) is 0 Å². The van der Waals surface area contributed by atoms with Gasteiger partial charge >= 0.3 is 0 Å². The number of aryl methyl sites for hydroxylation is 3. The van der Waals surface area contributed by atoms with E-state index < -0.39 is 0 Å². The Balaban J connectivity index is 0.000000429. The molecule has 1 heteroatoms. The van der Waals surface area contributed by atoms with Gasteiger partial charge in [0, 0.05) is 22.0 Å². The summed E-state index contributed by atoms with van der Waals surface area (Å²) in [5, 5.41) is 10.5. The molecule has 0 fully saturated rings. The number of nitrogens with zero attached hydrogens (tertiary/aromatic N) is 1. The van der Waals surface area contributed by atoms with Gasteiger partial charge in [0.05, 0.1) is 11.4 Å². The maximum Gasteiger partial charge on any atom is 0.0547 e. The van der Waals surface area contributed by atoms with Crippen molar-refractivity contribution in [3.05, 3.63) is 181 Å². The molecular formula is C47H37N. The molecule has 0 radical (unpaired) electrons. The second-order valence-corrected chi connectivity index (χ2v) is 12.7. The highest BCUT2D eigenvalue weighted by Crippen LogP contribution is 2.54. The smallest absolute Gasteiger partial charge is 0.0547 e. The number of hydrogen-bond donors (Lipinski definition) is 0. The predicted molar refractivity (Wildman–Crippen MR) is 210 cm³/mol. The van der Waals surface area contributed by atoms with Crippen LogP contribution >= 0.6 is 0 Å². The molecule has 0 amide bonds. The van der Waals surface area contributed by atoms with Crippen molar-refractivity contribution in [3.8, 4) is 22.3 Å². The van der Waals surface area contributed by atoms with Crippen LogP contribution in [0.2, 0.25) is 0 Å². The third-order valence-corrected chi connectivity index (χ3v) is 9.90. The van der Waals surface area contributed by atoms with Crippen molar-refractivity contribution in [2.24, 2.45) is 0 Å². The number of fused-ring (bicyclic) bond motifs is 4. The number of anilines is 2. The molecule has 1 nitrogen and oxygen atoms in total. The summed E-state index contributed by atoms with van der Waals surface area (Å²) in [6, 6.07) is 46.3. The highest BCUT2D eigenvalue weighted by atomic mass is 15.2. The summed E-state index contributed by atoms with van der Waals surface area (Å²) in [6.07, 6.45) is 5.80. The number of benzene rings is 8. The fraction of sp³-hybridized carbons (Fsp3) is 0.0638. The Morgan fingerprint density at radius 1 is 0.458 bits per heavy atom. The van der Waals surface area contributed by atoms with E-state index in [1.807, 2.05) is 36.4 Å². The highest BCUT2D eigenvalue weighted by Gasteiger charge is 2.28. The van der Waals surface area contributed by atoms with Gasteiger partial charge in [-0.2, -0.15) is 0 Å². The van der Waals surface area contributed by atoms with Crippen molar-refractivity contribution in [2.45, 2.75) is 20.8 Å². The second-order valence-electron chi connectivity index (χ2n) is 12.7. The van der Waals surface area contributed by atoms with Crippen LogP contribution in [0.4, 0.5) is 11.4 Å². The third kappa shape index (κ3) is 4.47. The lowest BCUT2D eigenvalue weighted by Crippen LogP contribution is -2.19. The van der Waals surface area contributed by atoms with Gasteiger partial charge < -0.3 is 4.90 Å². The summed E-state index contributed by atoms with van der Waals surface area (Å²) in [5.41, 5.74) is 12.4. The first kappa shape index (κ1) is 29.5. The van der Waals surface area contributed by atoms with Crippen LogP contribution < -0.4 is 4.90 Å². The third-order valence-electron chi connectivity index (χ3n) is 9.90. The maximum atomic E-state index is 4.16. The monoisotopic (exact) mass is 615 g/mol. The van der Waals surface area contributed by atoms with Gasteiger partial charge in [-0.3, -0.25) is 0 Å². The zero-order valence-corrected chi connectivity index (χ0v) is 27.7. The average molecular weight is 616 g/mol. The van der Waals surface area contributed by atoms with Gasteiger partial charge in [-0.15, -0.1) is 0 Å². The van der Waals surface area contributed by atoms with Crippen LogP contribution in [0.5, 0.6) is 0 Å². The highest BCUT2D eigenvalue weighted by molar-refractivity contribution is 6.37. The predicted octanol–water partition coefficient (Wildman–Crippen LogP) is 13.4. The largest absolute Gasteiger partial charge is 0.309 e. The molecule has 1 aliphatic rings. The van der Waals surface area contributed by atoms with E-state index in [2.05, 4.69) is 148 Å². The van der Waals surface area contributed by atoms with Crippen molar-refractivity contribution in [3.63, 3.8) is 0 Å². The molecule has 230 valence electrons. The Hall–Kier alpha value is -5.92. The zero-order valence-electron chi connectivity index (χ0n) is 27.7. The van der Waals surface area contributed by atoms with Crippen molar-refractivity contribution < 1.29 is 0 Å². The Morgan fingerprint density at radius 3 is 1.65 bits per heavy atom. The topological polar surface area (TPSA) is 3.24 Å². The molecule has 9 rings (SSSR count). The SMILES string of the molecule is C=C/C=C(\C=C)N1c2ccccc2-c2ccc3c4ccc(C)c5c(-c6ccccc6C)ccc(c6ccc1c2c36)c54.Cc1ccccc1. The molecule has 8 aromatic rings. The van der Waals surface area contributed by atoms with Crippen LogP contribution in [0.25, 0.3) is 65.3 Å². The fourth-order valence-corrected chi connectivity index (χ4v) is 7.75. The lowest BCUT2D eigenvalue weighted by Gasteiger charge is -2.34. The Kier molecular flexibility index (Phi) is 7.19. The standard InChI is InChI=1S/C40H29N.C7H8/c1-5-11-26(6-2)41-35-15-10-9-14-28(35)30-19-21-33-31-17-16-25(4)37-29(27-13-8-7-12-24(27)3)18-20-32(38(31)37)34-22-23-36(41)40(30)39(33)34;1-7-5-3-2-4-6-7/h5-23H,1-2H2,3-4H3;2-6H,1H3/b26-11+;. The minimum absolute atomic E-state index is 1.01. The molecule has 0 aromatic heterocycles. The molecule has 1 heterocycles. The first-order chi connectivity index (χ1) is 23.5. The summed E-state index contributed by atoms with van der Waals surface area (Å²) < 4.78 is 0. The van der Waals surface area contributed by atoms with Crippen LogP contribution in [-0.4, -0.2) is 0 Å².